The number of rotatable bonds is 3. The molecule has 4 heteroatoms. The minimum atomic E-state index is -0.180. The van der Waals surface area contributed by atoms with E-state index in [-0.39, 0.29) is 17.9 Å². The molecule has 0 saturated carbocycles. The Hall–Kier alpha value is -0.610. The van der Waals surface area contributed by atoms with Gasteiger partial charge in [-0.3, -0.25) is 4.79 Å². The van der Waals surface area contributed by atoms with Gasteiger partial charge in [0.05, 0.1) is 13.0 Å². The van der Waals surface area contributed by atoms with Gasteiger partial charge in [0.15, 0.2) is 0 Å². The van der Waals surface area contributed by atoms with E-state index in [1.165, 1.54) is 7.11 Å². The van der Waals surface area contributed by atoms with E-state index in [2.05, 4.69) is 18.7 Å². The van der Waals surface area contributed by atoms with Crippen LogP contribution in [0.2, 0.25) is 0 Å². The predicted octanol–water partition coefficient (Wildman–Crippen LogP) is 0.463. The Bertz CT molecular complexity index is 231. The second-order valence-corrected chi connectivity index (χ2v) is 4.84. The van der Waals surface area contributed by atoms with E-state index >= 15 is 0 Å². The van der Waals surface area contributed by atoms with Gasteiger partial charge in [-0.15, -0.1) is 0 Å². The fraction of sp³-hybridized carbons (Fsp3) is 0.909. The fourth-order valence-corrected chi connectivity index (χ4v) is 2.33. The van der Waals surface area contributed by atoms with Crippen LogP contribution in [0.5, 0.6) is 0 Å². The zero-order valence-electron chi connectivity index (χ0n) is 10.1. The molecule has 1 saturated heterocycles. The van der Waals surface area contributed by atoms with Crippen LogP contribution in [0.3, 0.4) is 0 Å². The topological polar surface area (TPSA) is 55.6 Å². The highest BCUT2D eigenvalue weighted by Gasteiger charge is 2.41. The van der Waals surface area contributed by atoms with Gasteiger partial charge in [-0.05, 0) is 19.4 Å². The molecule has 0 aromatic heterocycles. The Morgan fingerprint density at radius 3 is 2.67 bits per heavy atom. The highest BCUT2D eigenvalue weighted by atomic mass is 16.5. The van der Waals surface area contributed by atoms with E-state index < -0.39 is 0 Å². The summed E-state index contributed by atoms with van der Waals surface area (Å²) >= 11 is 0. The normalized spacial score (nSPS) is 32.3. The molecule has 15 heavy (non-hydrogen) atoms. The van der Waals surface area contributed by atoms with Crippen LogP contribution in [0.25, 0.3) is 0 Å². The molecule has 3 atom stereocenters. The first kappa shape index (κ1) is 12.5. The highest BCUT2D eigenvalue weighted by molar-refractivity contribution is 5.74. The molecule has 88 valence electrons. The summed E-state index contributed by atoms with van der Waals surface area (Å²) in [6.45, 7) is 5.06. The summed E-state index contributed by atoms with van der Waals surface area (Å²) in [4.78, 5) is 13.6. The van der Waals surface area contributed by atoms with Gasteiger partial charge >= 0.3 is 5.97 Å². The largest absolute Gasteiger partial charge is 0.469 e. The number of ether oxygens (including phenoxy) is 1. The summed E-state index contributed by atoms with van der Waals surface area (Å²) < 4.78 is 4.76. The number of carbonyl (C=O) groups excluding carboxylic acids is 1. The van der Waals surface area contributed by atoms with Gasteiger partial charge in [0.25, 0.3) is 0 Å². The maximum absolute atomic E-state index is 11.5. The molecule has 0 spiro atoms. The van der Waals surface area contributed by atoms with Gasteiger partial charge in [-0.2, -0.15) is 0 Å². The van der Waals surface area contributed by atoms with Crippen molar-refractivity contribution in [3.63, 3.8) is 0 Å². The lowest BCUT2D eigenvalue weighted by atomic mass is 9.94. The van der Waals surface area contributed by atoms with Crippen molar-refractivity contribution in [2.75, 3.05) is 20.7 Å². The minimum absolute atomic E-state index is 0.0927. The van der Waals surface area contributed by atoms with Gasteiger partial charge in [0.1, 0.15) is 0 Å². The number of likely N-dealkylation sites (tertiary alicyclic amines) is 1. The molecule has 2 N–H and O–H groups in total. The number of nitrogens with two attached hydrogens (primary N) is 1. The molecule has 0 aromatic rings. The first-order valence-electron chi connectivity index (χ1n) is 5.51. The van der Waals surface area contributed by atoms with E-state index in [1.54, 1.807) is 0 Å². The molecule has 0 radical (unpaired) electrons. The molecular weight excluding hydrogens is 192 g/mol. The van der Waals surface area contributed by atoms with Gasteiger partial charge < -0.3 is 15.4 Å². The van der Waals surface area contributed by atoms with Crippen LogP contribution in [0, 0.1) is 11.8 Å². The van der Waals surface area contributed by atoms with Crippen molar-refractivity contribution in [1.82, 2.24) is 4.90 Å². The first-order chi connectivity index (χ1) is 6.97. The third-order valence-electron chi connectivity index (χ3n) is 3.18. The predicted molar refractivity (Wildman–Crippen MR) is 59.4 cm³/mol. The summed E-state index contributed by atoms with van der Waals surface area (Å²) in [5.74, 6) is 0.254. The lowest BCUT2D eigenvalue weighted by Crippen LogP contribution is -2.42. The summed E-state index contributed by atoms with van der Waals surface area (Å²) in [5.41, 5.74) is 6.10. The van der Waals surface area contributed by atoms with Gasteiger partial charge in [0.2, 0.25) is 0 Å². The number of esters is 1. The molecule has 0 aromatic carbocycles. The average Bonchev–Trinajstić information content (AvgIpc) is 2.44. The molecule has 1 aliphatic heterocycles. The van der Waals surface area contributed by atoms with Crippen LogP contribution in [0.1, 0.15) is 20.3 Å². The monoisotopic (exact) mass is 214 g/mol. The summed E-state index contributed by atoms with van der Waals surface area (Å²) in [6.07, 6.45) is 1.03. The maximum Gasteiger partial charge on any atom is 0.311 e. The summed E-state index contributed by atoms with van der Waals surface area (Å²) in [7, 11) is 3.45. The van der Waals surface area contributed by atoms with Crippen LogP contribution in [-0.2, 0) is 9.53 Å². The van der Waals surface area contributed by atoms with Crippen molar-refractivity contribution < 1.29 is 9.53 Å². The standard InChI is InChI=1S/C11H22N2O2/c1-7(2)5-9-10(12)8(6-13(9)3)11(14)15-4/h7-10H,5-6,12H2,1-4H3. The zero-order chi connectivity index (χ0) is 11.6. The van der Waals surface area contributed by atoms with Crippen molar-refractivity contribution >= 4 is 5.97 Å². The molecular formula is C11H22N2O2. The van der Waals surface area contributed by atoms with E-state index in [1.807, 2.05) is 7.05 Å². The van der Waals surface area contributed by atoms with E-state index in [9.17, 15) is 4.79 Å². The first-order valence-corrected chi connectivity index (χ1v) is 5.51. The molecule has 0 bridgehead atoms. The number of methoxy groups -OCH3 is 1. The Kier molecular flexibility index (Phi) is 4.11. The van der Waals surface area contributed by atoms with E-state index in [4.69, 9.17) is 10.5 Å². The fourth-order valence-electron chi connectivity index (χ4n) is 2.33. The van der Waals surface area contributed by atoms with Crippen molar-refractivity contribution in [3.8, 4) is 0 Å². The van der Waals surface area contributed by atoms with Crippen molar-refractivity contribution in [3.05, 3.63) is 0 Å². The second-order valence-electron chi connectivity index (χ2n) is 4.84. The van der Waals surface area contributed by atoms with Crippen LogP contribution >= 0.6 is 0 Å². The summed E-state index contributed by atoms with van der Waals surface area (Å²) in [6, 6.07) is 0.207. The minimum Gasteiger partial charge on any atom is -0.469 e. The molecule has 1 rings (SSSR count). The van der Waals surface area contributed by atoms with E-state index in [0.29, 0.717) is 18.5 Å². The molecule has 1 aliphatic rings. The van der Waals surface area contributed by atoms with Gasteiger partial charge in [0, 0.05) is 18.6 Å². The number of likely N-dealkylation sites (N-methyl/N-ethyl adjacent to an activating group) is 1. The van der Waals surface area contributed by atoms with Crippen molar-refractivity contribution in [1.29, 1.82) is 0 Å². The SMILES string of the molecule is COC(=O)C1CN(C)C(CC(C)C)C1N. The Labute approximate surface area is 91.8 Å². The van der Waals surface area contributed by atoms with Crippen LogP contribution in [0.4, 0.5) is 0 Å². The average molecular weight is 214 g/mol. The number of carbonyl (C=O) groups is 1. The quantitative estimate of drug-likeness (QED) is 0.694. The van der Waals surface area contributed by atoms with Crippen LogP contribution < -0.4 is 5.73 Å². The molecule has 3 unspecified atom stereocenters. The van der Waals surface area contributed by atoms with Crippen LogP contribution in [-0.4, -0.2) is 43.7 Å². The van der Waals surface area contributed by atoms with Gasteiger partial charge in [-0.1, -0.05) is 13.8 Å². The number of hydrogen-bond acceptors (Lipinski definition) is 4. The molecule has 0 amide bonds. The maximum atomic E-state index is 11.5. The molecule has 1 fully saturated rings. The Morgan fingerprint density at radius 2 is 2.20 bits per heavy atom. The van der Waals surface area contributed by atoms with Crippen LogP contribution in [0.15, 0.2) is 0 Å². The third kappa shape index (κ3) is 2.69. The lowest BCUT2D eigenvalue weighted by molar-refractivity contribution is -0.145. The molecule has 4 nitrogen and oxygen atoms in total. The Morgan fingerprint density at radius 1 is 1.60 bits per heavy atom. The third-order valence-corrected chi connectivity index (χ3v) is 3.18. The number of nitrogens with zero attached hydrogens (tertiary/aromatic N) is 1. The second kappa shape index (κ2) is 4.94. The van der Waals surface area contributed by atoms with Gasteiger partial charge in [-0.25, -0.2) is 0 Å². The Balaban J connectivity index is 2.65. The smallest absolute Gasteiger partial charge is 0.311 e. The number of hydrogen-bond donors (Lipinski definition) is 1. The molecule has 0 aliphatic carbocycles. The van der Waals surface area contributed by atoms with Crippen molar-refractivity contribution in [2.24, 2.45) is 17.6 Å². The summed E-state index contributed by atoms with van der Waals surface area (Å²) in [5, 5.41) is 0. The zero-order valence-corrected chi connectivity index (χ0v) is 10.1. The van der Waals surface area contributed by atoms with E-state index in [0.717, 1.165) is 6.42 Å². The highest BCUT2D eigenvalue weighted by Crippen LogP contribution is 2.26. The lowest BCUT2D eigenvalue weighted by Gasteiger charge is -2.24. The molecule has 1 heterocycles. The van der Waals surface area contributed by atoms with Crippen molar-refractivity contribution in [2.45, 2.75) is 32.4 Å².